The number of nitriles is 1. The van der Waals surface area contributed by atoms with Crippen molar-refractivity contribution in [1.82, 2.24) is 24.9 Å². The molecule has 1 unspecified atom stereocenters. The summed E-state index contributed by atoms with van der Waals surface area (Å²) >= 11 is 12.5. The molecule has 3 aromatic heterocycles. The van der Waals surface area contributed by atoms with Gasteiger partial charge in [-0.1, -0.05) is 23.2 Å². The Morgan fingerprint density at radius 1 is 1.09 bits per heavy atom. The molecule has 0 aliphatic rings. The van der Waals surface area contributed by atoms with Crippen LogP contribution < -0.4 is 11.1 Å². The zero-order valence-corrected chi connectivity index (χ0v) is 18.5. The van der Waals surface area contributed by atoms with Crippen molar-refractivity contribution >= 4 is 29.2 Å². The second-order valence-electron chi connectivity index (χ2n) is 7.07. The molecule has 0 fully saturated rings. The van der Waals surface area contributed by atoms with Crippen molar-refractivity contribution in [3.05, 3.63) is 75.9 Å². The molecule has 0 bridgehead atoms. The van der Waals surface area contributed by atoms with Gasteiger partial charge in [0.2, 0.25) is 5.95 Å². The van der Waals surface area contributed by atoms with Gasteiger partial charge in [-0.2, -0.15) is 5.26 Å². The van der Waals surface area contributed by atoms with Crippen molar-refractivity contribution in [2.24, 2.45) is 5.73 Å². The molecule has 0 saturated carbocycles. The Hall–Kier alpha value is -3.51. The molecule has 32 heavy (non-hydrogen) atoms. The van der Waals surface area contributed by atoms with E-state index in [0.29, 0.717) is 56.4 Å². The minimum Gasteiger partial charge on any atom is -0.352 e. The summed E-state index contributed by atoms with van der Waals surface area (Å²) in [4.78, 5) is 20.9. The number of hydrogen-bond acceptors (Lipinski definition) is 7. The third-order valence-corrected chi connectivity index (χ3v) is 5.26. The van der Waals surface area contributed by atoms with Gasteiger partial charge in [-0.25, -0.2) is 15.0 Å². The van der Waals surface area contributed by atoms with E-state index in [4.69, 9.17) is 34.2 Å². The number of nitrogens with one attached hydrogen (secondary N) is 2. The molecule has 8 nitrogen and oxygen atoms in total. The first kappa shape index (κ1) is 21.7. The third-order valence-electron chi connectivity index (χ3n) is 4.71. The zero-order valence-electron chi connectivity index (χ0n) is 17.0. The van der Waals surface area contributed by atoms with Crippen molar-refractivity contribution in [3.8, 4) is 28.7 Å². The molecule has 4 N–H and O–H groups in total. The zero-order chi connectivity index (χ0) is 22.7. The first-order valence-corrected chi connectivity index (χ1v) is 10.4. The van der Waals surface area contributed by atoms with Crippen LogP contribution in [-0.2, 0) is 0 Å². The summed E-state index contributed by atoms with van der Waals surface area (Å²) < 4.78 is 0. The predicted octanol–water partition coefficient (Wildman–Crippen LogP) is 4.53. The number of imidazole rings is 1. The van der Waals surface area contributed by atoms with Gasteiger partial charge < -0.3 is 16.0 Å². The minimum atomic E-state index is -0.415. The predicted molar refractivity (Wildman–Crippen MR) is 124 cm³/mol. The van der Waals surface area contributed by atoms with E-state index in [2.05, 4.69) is 30.2 Å². The maximum absolute atomic E-state index is 8.91. The summed E-state index contributed by atoms with van der Waals surface area (Å²) in [7, 11) is 0. The molecule has 0 radical (unpaired) electrons. The summed E-state index contributed by atoms with van der Waals surface area (Å²) in [5.74, 6) is 1.01. The maximum atomic E-state index is 8.91. The van der Waals surface area contributed by atoms with E-state index in [-0.39, 0.29) is 0 Å². The van der Waals surface area contributed by atoms with Crippen LogP contribution in [0, 0.1) is 18.3 Å². The molecular weight excluding hydrogens is 447 g/mol. The second-order valence-corrected chi connectivity index (χ2v) is 7.91. The summed E-state index contributed by atoms with van der Waals surface area (Å²) in [6.45, 7) is 2.26. The summed E-state index contributed by atoms with van der Waals surface area (Å²) in [6.07, 6.45) is 4.91. The fourth-order valence-corrected chi connectivity index (χ4v) is 3.57. The number of H-pyrrole nitrogens is 1. The molecule has 0 amide bonds. The lowest BCUT2D eigenvalue weighted by molar-refractivity contribution is 0.730. The lowest BCUT2D eigenvalue weighted by atomic mass is 10.1. The second kappa shape index (κ2) is 9.32. The highest BCUT2D eigenvalue weighted by Gasteiger charge is 2.17. The Kier molecular flexibility index (Phi) is 6.32. The van der Waals surface area contributed by atoms with Crippen LogP contribution in [0.25, 0.3) is 22.6 Å². The molecular formula is C22H18Cl2N8. The van der Waals surface area contributed by atoms with Gasteiger partial charge in [0.25, 0.3) is 0 Å². The van der Waals surface area contributed by atoms with Crippen LogP contribution in [0.15, 0.2) is 48.9 Å². The van der Waals surface area contributed by atoms with Crippen LogP contribution in [0.2, 0.25) is 10.0 Å². The Labute approximate surface area is 194 Å². The van der Waals surface area contributed by atoms with E-state index in [1.807, 2.05) is 19.1 Å². The highest BCUT2D eigenvalue weighted by Crippen LogP contribution is 2.35. The van der Waals surface area contributed by atoms with E-state index in [9.17, 15) is 0 Å². The molecule has 1 atom stereocenters. The highest BCUT2D eigenvalue weighted by atomic mass is 35.5. The van der Waals surface area contributed by atoms with Crippen LogP contribution >= 0.6 is 23.2 Å². The lowest BCUT2D eigenvalue weighted by Crippen LogP contribution is -2.22. The Balaban J connectivity index is 1.64. The number of rotatable bonds is 6. The van der Waals surface area contributed by atoms with Gasteiger partial charge in [-0.05, 0) is 37.3 Å². The van der Waals surface area contributed by atoms with Gasteiger partial charge >= 0.3 is 0 Å². The molecule has 160 valence electrons. The summed E-state index contributed by atoms with van der Waals surface area (Å²) in [6, 6.07) is 10.3. The van der Waals surface area contributed by atoms with Crippen LogP contribution in [0.3, 0.4) is 0 Å². The highest BCUT2D eigenvalue weighted by molar-refractivity contribution is 6.36. The van der Waals surface area contributed by atoms with Crippen molar-refractivity contribution in [3.63, 3.8) is 0 Å². The average Bonchev–Trinajstić information content (AvgIpc) is 3.23. The van der Waals surface area contributed by atoms with Crippen LogP contribution in [0.4, 0.5) is 5.95 Å². The van der Waals surface area contributed by atoms with Crippen molar-refractivity contribution in [2.45, 2.75) is 13.0 Å². The standard InChI is InChI=1S/C22H18Cl2N8/c1-12-8-28-21(31-12)16-10-29-22(32-20(16)15-4-3-14(23)6-17(15)24)30-11-18(26)19-5-2-13(7-25)9-27-19/h2-6,8-10,18H,11,26H2,1H3,(H,28,31)(H,29,30,32). The van der Waals surface area contributed by atoms with Gasteiger partial charge in [0, 0.05) is 41.4 Å². The number of halogens is 2. The number of nitrogens with zero attached hydrogens (tertiary/aromatic N) is 5. The van der Waals surface area contributed by atoms with E-state index < -0.39 is 6.04 Å². The Bertz CT molecular complexity index is 1290. The largest absolute Gasteiger partial charge is 0.352 e. The molecule has 0 spiro atoms. The van der Waals surface area contributed by atoms with Crippen LogP contribution in [-0.4, -0.2) is 31.5 Å². The molecule has 3 heterocycles. The van der Waals surface area contributed by atoms with E-state index in [1.165, 1.54) is 6.20 Å². The average molecular weight is 465 g/mol. The van der Waals surface area contributed by atoms with Crippen LogP contribution in [0.1, 0.15) is 23.0 Å². The topological polar surface area (TPSA) is 129 Å². The first-order chi connectivity index (χ1) is 15.4. The normalized spacial score (nSPS) is 11.7. The van der Waals surface area contributed by atoms with Crippen LogP contribution in [0.5, 0.6) is 0 Å². The SMILES string of the molecule is Cc1cnc(-c2cnc(NCC(N)c3ccc(C#N)cn3)nc2-c2ccc(Cl)cc2Cl)[nH]1. The molecule has 0 aliphatic heterocycles. The molecule has 0 saturated heterocycles. The fraction of sp³-hybridized carbons (Fsp3) is 0.136. The van der Waals surface area contributed by atoms with Gasteiger partial charge in [-0.3, -0.25) is 4.98 Å². The van der Waals surface area contributed by atoms with Gasteiger partial charge in [0.15, 0.2) is 0 Å². The number of aromatic amines is 1. The fourth-order valence-electron chi connectivity index (χ4n) is 3.07. The summed E-state index contributed by atoms with van der Waals surface area (Å²) in [5.41, 5.74) is 10.3. The Morgan fingerprint density at radius 2 is 1.94 bits per heavy atom. The number of anilines is 1. The number of hydrogen-bond donors (Lipinski definition) is 3. The minimum absolute atomic E-state index is 0.339. The van der Waals surface area contributed by atoms with Gasteiger partial charge in [-0.15, -0.1) is 0 Å². The van der Waals surface area contributed by atoms with Gasteiger partial charge in [0.1, 0.15) is 11.9 Å². The van der Waals surface area contributed by atoms with Gasteiger partial charge in [0.05, 0.1) is 33.6 Å². The number of pyridine rings is 1. The Morgan fingerprint density at radius 3 is 2.59 bits per heavy atom. The molecule has 10 heteroatoms. The number of benzene rings is 1. The third kappa shape index (κ3) is 4.70. The molecule has 0 aliphatic carbocycles. The molecule has 4 rings (SSSR count). The molecule has 1 aromatic carbocycles. The van der Waals surface area contributed by atoms with Crippen molar-refractivity contribution < 1.29 is 0 Å². The lowest BCUT2D eigenvalue weighted by Gasteiger charge is -2.14. The smallest absolute Gasteiger partial charge is 0.223 e. The van der Waals surface area contributed by atoms with E-state index >= 15 is 0 Å². The number of aromatic nitrogens is 5. The van der Waals surface area contributed by atoms with E-state index in [0.717, 1.165) is 5.69 Å². The maximum Gasteiger partial charge on any atom is 0.223 e. The quantitative estimate of drug-likeness (QED) is 0.382. The van der Waals surface area contributed by atoms with E-state index in [1.54, 1.807) is 36.7 Å². The monoisotopic (exact) mass is 464 g/mol. The van der Waals surface area contributed by atoms with Crippen molar-refractivity contribution in [2.75, 3.05) is 11.9 Å². The molecule has 4 aromatic rings. The van der Waals surface area contributed by atoms with Crippen molar-refractivity contribution in [1.29, 1.82) is 5.26 Å². The number of nitrogens with two attached hydrogens (primary N) is 1. The first-order valence-electron chi connectivity index (χ1n) is 9.64. The summed E-state index contributed by atoms with van der Waals surface area (Å²) in [5, 5.41) is 13.0. The number of aryl methyl sites for hydroxylation is 1.